The first-order valence-electron chi connectivity index (χ1n) is 8.48. The molecule has 0 bridgehead atoms. The van der Waals surface area contributed by atoms with Crippen molar-refractivity contribution in [1.82, 2.24) is 0 Å². The van der Waals surface area contributed by atoms with Crippen LogP contribution in [0.25, 0.3) is 0 Å². The monoisotopic (exact) mass is 351 g/mol. The lowest BCUT2D eigenvalue weighted by molar-refractivity contribution is 0.543. The second kappa shape index (κ2) is 15.1. The summed E-state index contributed by atoms with van der Waals surface area (Å²) in [6.45, 7) is 0.814. The summed E-state index contributed by atoms with van der Waals surface area (Å²) in [5.74, 6) is 0. The zero-order valence-corrected chi connectivity index (χ0v) is 16.0. The molecule has 0 fully saturated rings. The molecule has 5 heteroatoms. The van der Waals surface area contributed by atoms with E-state index >= 15 is 0 Å². The predicted octanol–water partition coefficient (Wildman–Crippen LogP) is 6.55. The van der Waals surface area contributed by atoms with Gasteiger partial charge in [-0.15, -0.1) is 22.2 Å². The summed E-state index contributed by atoms with van der Waals surface area (Å²) in [5, 5.41) is 0. The van der Waals surface area contributed by atoms with Gasteiger partial charge in [0.15, 0.2) is 0 Å². The van der Waals surface area contributed by atoms with Crippen molar-refractivity contribution in [1.29, 1.82) is 0 Å². The molecule has 0 N–H and O–H groups in total. The first kappa shape index (κ1) is 21.2. The maximum absolute atomic E-state index is 9.87. The minimum absolute atomic E-state index is 0.651. The summed E-state index contributed by atoms with van der Waals surface area (Å²) in [6.07, 6.45) is 17.0. The van der Waals surface area contributed by atoms with Crippen molar-refractivity contribution in [2.45, 2.75) is 89.6 Å². The van der Waals surface area contributed by atoms with Crippen molar-refractivity contribution in [3.05, 3.63) is 0 Å². The molecule has 124 valence electrons. The molecule has 0 amide bonds. The van der Waals surface area contributed by atoms with Gasteiger partial charge >= 0.3 is 0 Å². The number of halogens is 2. The number of aliphatic imine (C=N–C) groups is 1. The Morgan fingerprint density at radius 1 is 0.762 bits per heavy atom. The third kappa shape index (κ3) is 20.2. The number of rotatable bonds is 15. The normalized spacial score (nSPS) is 11.4. The Labute approximate surface area is 141 Å². The molecule has 0 aromatic rings. The topological polar surface area (TPSA) is 29.4 Å². The van der Waals surface area contributed by atoms with Gasteiger partial charge in [-0.1, -0.05) is 70.6 Å². The van der Waals surface area contributed by atoms with Gasteiger partial charge in [0.1, 0.15) is 0 Å². The van der Waals surface area contributed by atoms with Gasteiger partial charge in [-0.2, -0.15) is 0 Å². The fourth-order valence-corrected chi connectivity index (χ4v) is 4.11. The standard InChI is InChI=1S/C16H31Cl2NOSi/c1-21(17,18)15-13-11-9-7-5-3-2-4-6-8-10-12-14-19-16-20/h2-15H2,1H3. The van der Waals surface area contributed by atoms with Crippen molar-refractivity contribution in [2.75, 3.05) is 6.54 Å². The lowest BCUT2D eigenvalue weighted by Crippen LogP contribution is -2.11. The molecule has 0 aliphatic heterocycles. The number of carbonyl (C=O) groups excluding carboxylic acids is 1. The van der Waals surface area contributed by atoms with Crippen molar-refractivity contribution in [3.8, 4) is 0 Å². The Hall–Kier alpha value is 0.177. The number of isocyanates is 1. The summed E-state index contributed by atoms with van der Waals surface area (Å²) in [5.41, 5.74) is 0. The number of nitrogens with zero attached hydrogens (tertiary/aromatic N) is 1. The zero-order valence-electron chi connectivity index (χ0n) is 13.5. The van der Waals surface area contributed by atoms with Gasteiger partial charge in [0.05, 0.1) is 6.54 Å². The molecule has 0 aromatic heterocycles. The molecule has 0 heterocycles. The van der Waals surface area contributed by atoms with E-state index in [4.69, 9.17) is 22.2 Å². The van der Waals surface area contributed by atoms with E-state index in [1.807, 2.05) is 6.55 Å². The molecule has 0 saturated carbocycles. The Morgan fingerprint density at radius 2 is 1.14 bits per heavy atom. The third-order valence-corrected chi connectivity index (χ3v) is 6.07. The zero-order chi connectivity index (χ0) is 15.8. The van der Waals surface area contributed by atoms with Crippen LogP contribution in [0.4, 0.5) is 0 Å². The summed E-state index contributed by atoms with van der Waals surface area (Å²) >= 11 is 12.1. The third-order valence-electron chi connectivity index (χ3n) is 3.70. The lowest BCUT2D eigenvalue weighted by Gasteiger charge is -2.09. The molecule has 21 heavy (non-hydrogen) atoms. The number of hydrogen-bond donors (Lipinski definition) is 0. The van der Waals surface area contributed by atoms with Crippen molar-refractivity contribution in [2.24, 2.45) is 4.99 Å². The van der Waals surface area contributed by atoms with Crippen LogP contribution in [0.3, 0.4) is 0 Å². The quantitative estimate of drug-likeness (QED) is 0.108. The highest BCUT2D eigenvalue weighted by molar-refractivity contribution is 7.44. The minimum atomic E-state index is -1.84. The second-order valence-electron chi connectivity index (χ2n) is 6.04. The molecule has 0 aliphatic carbocycles. The van der Waals surface area contributed by atoms with Gasteiger partial charge in [-0.25, -0.2) is 9.79 Å². The number of hydrogen-bond acceptors (Lipinski definition) is 2. The van der Waals surface area contributed by atoms with Crippen molar-refractivity contribution >= 4 is 34.9 Å². The van der Waals surface area contributed by atoms with Crippen LogP contribution in [-0.2, 0) is 4.79 Å². The van der Waals surface area contributed by atoms with E-state index in [0.717, 1.165) is 12.5 Å². The molecule has 0 spiro atoms. The molecule has 0 saturated heterocycles. The van der Waals surface area contributed by atoms with Crippen molar-refractivity contribution in [3.63, 3.8) is 0 Å². The van der Waals surface area contributed by atoms with E-state index in [9.17, 15) is 4.79 Å². The van der Waals surface area contributed by atoms with Crippen LogP contribution < -0.4 is 0 Å². The fourth-order valence-electron chi connectivity index (χ4n) is 2.44. The predicted molar refractivity (Wildman–Crippen MR) is 96.5 cm³/mol. The van der Waals surface area contributed by atoms with Gasteiger partial charge in [0.25, 0.3) is 0 Å². The molecule has 0 aromatic carbocycles. The van der Waals surface area contributed by atoms with Gasteiger partial charge in [0, 0.05) is 0 Å². The van der Waals surface area contributed by atoms with E-state index in [2.05, 4.69) is 4.99 Å². The van der Waals surface area contributed by atoms with Crippen LogP contribution in [0.1, 0.15) is 77.0 Å². The molecular formula is C16H31Cl2NOSi. The smallest absolute Gasteiger partial charge is 0.211 e. The minimum Gasteiger partial charge on any atom is -0.211 e. The van der Waals surface area contributed by atoms with Crippen LogP contribution in [0.15, 0.2) is 4.99 Å². The van der Waals surface area contributed by atoms with Crippen LogP contribution in [0.5, 0.6) is 0 Å². The van der Waals surface area contributed by atoms with Crippen LogP contribution in [-0.4, -0.2) is 19.3 Å². The molecule has 0 unspecified atom stereocenters. The van der Waals surface area contributed by atoms with Crippen LogP contribution in [0, 0.1) is 0 Å². The van der Waals surface area contributed by atoms with Gasteiger partial charge in [0.2, 0.25) is 12.8 Å². The highest BCUT2D eigenvalue weighted by Crippen LogP contribution is 2.23. The highest BCUT2D eigenvalue weighted by atomic mass is 35.7. The average Bonchev–Trinajstić information content (AvgIpc) is 2.42. The SMILES string of the molecule is C[Si](Cl)(Cl)CCCCCCCCCCCCCCN=C=O. The van der Waals surface area contributed by atoms with Crippen molar-refractivity contribution < 1.29 is 4.79 Å². The largest absolute Gasteiger partial charge is 0.248 e. The first-order chi connectivity index (χ1) is 10.1. The highest BCUT2D eigenvalue weighted by Gasteiger charge is 2.19. The molecular weight excluding hydrogens is 321 g/mol. The van der Waals surface area contributed by atoms with Crippen LogP contribution >= 0.6 is 22.2 Å². The fraction of sp³-hybridized carbons (Fsp3) is 0.938. The van der Waals surface area contributed by atoms with E-state index in [1.54, 1.807) is 6.08 Å². The maximum atomic E-state index is 9.87. The molecule has 0 aliphatic rings. The summed E-state index contributed by atoms with van der Waals surface area (Å²) < 4.78 is 0. The Balaban J connectivity index is 3.04. The molecule has 0 radical (unpaired) electrons. The Morgan fingerprint density at radius 3 is 1.52 bits per heavy atom. The molecule has 0 atom stereocenters. The van der Waals surface area contributed by atoms with Crippen LogP contribution in [0.2, 0.25) is 12.6 Å². The second-order valence-corrected chi connectivity index (χ2v) is 14.3. The Kier molecular flexibility index (Phi) is 15.2. The van der Waals surface area contributed by atoms with E-state index < -0.39 is 6.69 Å². The number of unbranched alkanes of at least 4 members (excludes halogenated alkanes) is 11. The molecule has 2 nitrogen and oxygen atoms in total. The summed E-state index contributed by atoms with van der Waals surface area (Å²) in [4.78, 5) is 13.4. The van der Waals surface area contributed by atoms with E-state index in [1.165, 1.54) is 70.6 Å². The maximum Gasteiger partial charge on any atom is 0.248 e. The van der Waals surface area contributed by atoms with E-state index in [-0.39, 0.29) is 0 Å². The summed E-state index contributed by atoms with van der Waals surface area (Å²) in [7, 11) is 0. The first-order valence-corrected chi connectivity index (χ1v) is 13.2. The van der Waals surface area contributed by atoms with E-state index in [0.29, 0.717) is 6.54 Å². The average molecular weight is 352 g/mol. The molecule has 0 rings (SSSR count). The van der Waals surface area contributed by atoms with Gasteiger partial charge < -0.3 is 0 Å². The lowest BCUT2D eigenvalue weighted by atomic mass is 10.1. The van der Waals surface area contributed by atoms with Gasteiger partial charge in [-0.05, 0) is 19.0 Å². The Bertz CT molecular complexity index is 276. The summed E-state index contributed by atoms with van der Waals surface area (Å²) in [6, 6.07) is 1.04. The van der Waals surface area contributed by atoms with Gasteiger partial charge in [-0.3, -0.25) is 0 Å².